The first kappa shape index (κ1) is 27.7. The Labute approximate surface area is 258 Å². The maximum absolute atomic E-state index is 14.0. The van der Waals surface area contributed by atoms with Crippen molar-refractivity contribution < 1.29 is 4.79 Å². The molecule has 3 N–H and O–H groups in total. The summed E-state index contributed by atoms with van der Waals surface area (Å²) in [6, 6.07) is 42.1. The van der Waals surface area contributed by atoms with E-state index in [9.17, 15) is 4.79 Å². The van der Waals surface area contributed by atoms with Crippen LogP contribution in [0.4, 0.5) is 5.69 Å². The number of carbonyl (C=O) groups is 1. The van der Waals surface area contributed by atoms with Gasteiger partial charge in [0.05, 0.1) is 6.04 Å². The summed E-state index contributed by atoms with van der Waals surface area (Å²) in [5.74, 6) is -0.0708. The molecule has 0 aliphatic rings. The quantitative estimate of drug-likeness (QED) is 0.148. The largest absolute Gasteiger partial charge is 0.399 e. The number of nitrogen functional groups attached to an aromatic ring is 1. The summed E-state index contributed by atoms with van der Waals surface area (Å²) in [6.45, 7) is 4.39. The molecule has 44 heavy (non-hydrogen) atoms. The van der Waals surface area contributed by atoms with E-state index in [-0.39, 0.29) is 11.9 Å². The molecule has 1 atom stereocenters. The van der Waals surface area contributed by atoms with E-state index in [1.165, 1.54) is 43.6 Å². The zero-order valence-corrected chi connectivity index (χ0v) is 25.2. The molecule has 7 aromatic carbocycles. The van der Waals surface area contributed by atoms with Gasteiger partial charge in [-0.3, -0.25) is 4.79 Å². The number of amides is 1. The molecule has 0 radical (unpaired) electrons. The van der Waals surface area contributed by atoms with Gasteiger partial charge in [-0.15, -0.1) is 0 Å². The molecule has 0 aromatic heterocycles. The lowest BCUT2D eigenvalue weighted by molar-refractivity contribution is 0.0936. The smallest absolute Gasteiger partial charge is 0.251 e. The van der Waals surface area contributed by atoms with E-state index in [0.29, 0.717) is 12.0 Å². The fourth-order valence-corrected chi connectivity index (χ4v) is 6.73. The Morgan fingerprint density at radius 3 is 2.00 bits per heavy atom. The minimum absolute atomic E-state index is 0.0708. The molecule has 0 saturated carbocycles. The Kier molecular flexibility index (Phi) is 7.23. The summed E-state index contributed by atoms with van der Waals surface area (Å²) in [7, 11) is 0. The van der Waals surface area contributed by atoms with E-state index in [4.69, 9.17) is 5.73 Å². The Bertz CT molecular complexity index is 2180. The highest BCUT2D eigenvalue weighted by Gasteiger charge is 2.19. The molecular weight excluding hydrogens is 536 g/mol. The molecular formula is C41H36N2O. The van der Waals surface area contributed by atoms with Gasteiger partial charge in [-0.2, -0.15) is 0 Å². The van der Waals surface area contributed by atoms with Gasteiger partial charge in [0, 0.05) is 11.3 Å². The zero-order valence-electron chi connectivity index (χ0n) is 25.2. The number of nitrogens with two attached hydrogens (primary N) is 1. The standard InChI is InChI=1S/C41H36N2O/c1-3-27-21-29-14-15-32(24-38(29)35-13-9-8-12-34(27)35)41(44)43-40(20-26-10-6-5-7-11-26)31-17-19-36-37(23-31)28(4-2)22-30-16-18-33(42)25-39(30)36/h5-19,21-25,40H,3-4,20,42H2,1-2H3,(H,43,44). The van der Waals surface area contributed by atoms with Crippen LogP contribution >= 0.6 is 0 Å². The topological polar surface area (TPSA) is 55.1 Å². The molecule has 3 heteroatoms. The molecule has 0 aliphatic carbocycles. The van der Waals surface area contributed by atoms with Crippen LogP contribution in [-0.2, 0) is 19.3 Å². The molecule has 0 fully saturated rings. The highest BCUT2D eigenvalue weighted by molar-refractivity contribution is 6.12. The van der Waals surface area contributed by atoms with Gasteiger partial charge in [0.25, 0.3) is 5.91 Å². The second-order valence-corrected chi connectivity index (χ2v) is 11.8. The Morgan fingerprint density at radius 1 is 0.614 bits per heavy atom. The van der Waals surface area contributed by atoms with Crippen molar-refractivity contribution in [3.05, 3.63) is 149 Å². The third-order valence-electron chi connectivity index (χ3n) is 9.05. The molecule has 3 nitrogen and oxygen atoms in total. The number of hydrogen-bond acceptors (Lipinski definition) is 2. The number of hydrogen-bond donors (Lipinski definition) is 2. The van der Waals surface area contributed by atoms with Crippen LogP contribution in [0.25, 0.3) is 43.1 Å². The SMILES string of the molecule is CCc1cc2ccc(N)cc2c2ccc(C(Cc3ccccc3)NC(=O)c3ccc4cc(CC)c5ccccc5c4c3)cc12. The predicted molar refractivity (Wildman–Crippen MR) is 186 cm³/mol. The first-order valence-corrected chi connectivity index (χ1v) is 15.6. The van der Waals surface area contributed by atoms with Gasteiger partial charge in [-0.25, -0.2) is 0 Å². The second-order valence-electron chi connectivity index (χ2n) is 11.8. The second kappa shape index (κ2) is 11.5. The molecule has 216 valence electrons. The van der Waals surface area contributed by atoms with E-state index in [0.717, 1.165) is 40.3 Å². The minimum Gasteiger partial charge on any atom is -0.399 e. The lowest BCUT2D eigenvalue weighted by atomic mass is 9.91. The number of nitrogens with one attached hydrogen (secondary N) is 1. The Hall–Kier alpha value is -5.15. The number of benzene rings is 7. The van der Waals surface area contributed by atoms with E-state index in [1.807, 2.05) is 18.2 Å². The number of anilines is 1. The lowest BCUT2D eigenvalue weighted by Crippen LogP contribution is -2.30. The van der Waals surface area contributed by atoms with E-state index in [1.54, 1.807) is 0 Å². The van der Waals surface area contributed by atoms with Crippen molar-refractivity contribution in [2.24, 2.45) is 0 Å². The zero-order chi connectivity index (χ0) is 30.2. The number of aryl methyl sites for hydroxylation is 2. The van der Waals surface area contributed by atoms with Crippen LogP contribution in [0.3, 0.4) is 0 Å². The van der Waals surface area contributed by atoms with Gasteiger partial charge < -0.3 is 11.1 Å². The third kappa shape index (κ3) is 5.05. The maximum Gasteiger partial charge on any atom is 0.251 e. The summed E-state index contributed by atoms with van der Waals surface area (Å²) in [4.78, 5) is 14.0. The van der Waals surface area contributed by atoms with E-state index >= 15 is 0 Å². The van der Waals surface area contributed by atoms with Crippen LogP contribution in [-0.4, -0.2) is 5.91 Å². The molecule has 0 aliphatic heterocycles. The molecule has 0 bridgehead atoms. The van der Waals surface area contributed by atoms with Crippen LogP contribution in [0.15, 0.2) is 121 Å². The number of fused-ring (bicyclic) bond motifs is 6. The van der Waals surface area contributed by atoms with Crippen molar-refractivity contribution >= 4 is 54.7 Å². The summed E-state index contributed by atoms with van der Waals surface area (Å²) >= 11 is 0. The van der Waals surface area contributed by atoms with Gasteiger partial charge in [0.1, 0.15) is 0 Å². The molecule has 1 unspecified atom stereocenters. The van der Waals surface area contributed by atoms with Crippen LogP contribution in [0.1, 0.15) is 52.5 Å². The summed E-state index contributed by atoms with van der Waals surface area (Å²) in [5, 5.41) is 12.9. The molecule has 0 saturated heterocycles. The maximum atomic E-state index is 14.0. The third-order valence-corrected chi connectivity index (χ3v) is 9.05. The number of rotatable bonds is 7. The van der Waals surface area contributed by atoms with Gasteiger partial charge in [-0.1, -0.05) is 105 Å². The molecule has 1 amide bonds. The Morgan fingerprint density at radius 2 is 1.25 bits per heavy atom. The van der Waals surface area contributed by atoms with Crippen molar-refractivity contribution in [1.29, 1.82) is 0 Å². The van der Waals surface area contributed by atoms with Gasteiger partial charge in [0.2, 0.25) is 0 Å². The predicted octanol–water partition coefficient (Wildman–Crippen LogP) is 9.72. The van der Waals surface area contributed by atoms with E-state index in [2.05, 4.69) is 122 Å². The van der Waals surface area contributed by atoms with Crippen LogP contribution in [0.2, 0.25) is 0 Å². The van der Waals surface area contributed by atoms with Crippen LogP contribution in [0.5, 0.6) is 0 Å². The fraction of sp³-hybridized carbons (Fsp3) is 0.146. The average Bonchev–Trinajstić information content (AvgIpc) is 3.07. The molecule has 7 rings (SSSR count). The molecule has 0 spiro atoms. The van der Waals surface area contributed by atoms with Crippen molar-refractivity contribution in [2.75, 3.05) is 5.73 Å². The van der Waals surface area contributed by atoms with Gasteiger partial charge >= 0.3 is 0 Å². The van der Waals surface area contributed by atoms with Crippen LogP contribution < -0.4 is 11.1 Å². The summed E-state index contributed by atoms with van der Waals surface area (Å²) < 4.78 is 0. The average molecular weight is 573 g/mol. The lowest BCUT2D eigenvalue weighted by Gasteiger charge is -2.21. The molecule has 0 heterocycles. The van der Waals surface area contributed by atoms with Crippen molar-refractivity contribution in [2.45, 2.75) is 39.2 Å². The van der Waals surface area contributed by atoms with Crippen molar-refractivity contribution in [3.63, 3.8) is 0 Å². The summed E-state index contributed by atoms with van der Waals surface area (Å²) in [5.41, 5.74) is 12.5. The first-order valence-electron chi connectivity index (χ1n) is 15.6. The van der Waals surface area contributed by atoms with Crippen molar-refractivity contribution in [3.8, 4) is 0 Å². The number of carbonyl (C=O) groups excluding carboxylic acids is 1. The van der Waals surface area contributed by atoms with Crippen LogP contribution in [0, 0.1) is 0 Å². The Balaban J connectivity index is 1.31. The highest BCUT2D eigenvalue weighted by Crippen LogP contribution is 2.34. The van der Waals surface area contributed by atoms with Gasteiger partial charge in [0.15, 0.2) is 0 Å². The highest BCUT2D eigenvalue weighted by atomic mass is 16.1. The molecule has 7 aromatic rings. The van der Waals surface area contributed by atoms with E-state index < -0.39 is 0 Å². The monoisotopic (exact) mass is 572 g/mol. The fourth-order valence-electron chi connectivity index (χ4n) is 6.73. The van der Waals surface area contributed by atoms with Crippen molar-refractivity contribution in [1.82, 2.24) is 5.32 Å². The first-order chi connectivity index (χ1) is 21.5. The van der Waals surface area contributed by atoms with Gasteiger partial charge in [-0.05, 0) is 115 Å². The minimum atomic E-state index is -0.203. The normalized spacial score (nSPS) is 12.2. The summed E-state index contributed by atoms with van der Waals surface area (Å²) in [6.07, 6.45) is 2.58.